The zero-order valence-corrected chi connectivity index (χ0v) is 18.1. The lowest BCUT2D eigenvalue weighted by Crippen LogP contribution is -2.50. The number of carbonyl (C=O) groups is 2. The van der Waals surface area contributed by atoms with Crippen molar-refractivity contribution in [1.82, 2.24) is 10.2 Å². The minimum Gasteiger partial charge on any atom is -0.539 e. The van der Waals surface area contributed by atoms with Crippen molar-refractivity contribution in [3.63, 3.8) is 0 Å². The van der Waals surface area contributed by atoms with Crippen molar-refractivity contribution in [2.75, 3.05) is 18.5 Å². The predicted octanol–water partition coefficient (Wildman–Crippen LogP) is 1.50. The van der Waals surface area contributed by atoms with E-state index in [1.165, 1.54) is 9.58 Å². The van der Waals surface area contributed by atoms with E-state index in [9.17, 15) is 14.7 Å². The number of morpholine rings is 1. The first-order chi connectivity index (χ1) is 16.0. The van der Waals surface area contributed by atoms with Gasteiger partial charge in [0, 0.05) is 12.2 Å². The van der Waals surface area contributed by atoms with Crippen LogP contribution < -0.4 is 15.1 Å². The maximum absolute atomic E-state index is 12.7. The fourth-order valence-corrected chi connectivity index (χ4v) is 3.49. The lowest BCUT2D eigenvalue weighted by Gasteiger charge is -2.31. The van der Waals surface area contributed by atoms with Gasteiger partial charge in [0.1, 0.15) is 12.6 Å². The average Bonchev–Trinajstić information content (AvgIpc) is 3.14. The molecular formula is C24H24N4O5. The summed E-state index contributed by atoms with van der Waals surface area (Å²) in [5.41, 5.74) is 2.99. The van der Waals surface area contributed by atoms with Gasteiger partial charge in [0.05, 0.1) is 18.3 Å². The number of aryl methyl sites for hydroxylation is 1. The molecule has 0 saturated carbocycles. The Morgan fingerprint density at radius 3 is 2.55 bits per heavy atom. The molecule has 1 aromatic heterocycles. The number of ether oxygens (including phenoxy) is 1. The molecule has 1 atom stereocenters. The summed E-state index contributed by atoms with van der Waals surface area (Å²) >= 11 is 0. The Kier molecular flexibility index (Phi) is 6.80. The zero-order valence-electron chi connectivity index (χ0n) is 18.1. The van der Waals surface area contributed by atoms with Crippen LogP contribution in [-0.2, 0) is 27.9 Å². The quantitative estimate of drug-likeness (QED) is 0.433. The summed E-state index contributed by atoms with van der Waals surface area (Å²) in [4.78, 5) is 26.7. The number of rotatable bonds is 7. The van der Waals surface area contributed by atoms with E-state index in [2.05, 4.69) is 15.1 Å². The molecule has 1 aliphatic heterocycles. The molecule has 0 spiro atoms. The molecule has 9 nitrogen and oxygen atoms in total. The molecule has 0 bridgehead atoms. The molecule has 170 valence electrons. The summed E-state index contributed by atoms with van der Waals surface area (Å²) in [7, 11) is 1.57. The average molecular weight is 448 g/mol. The number of hydrogen-bond acceptors (Lipinski definition) is 6. The molecule has 3 aromatic rings. The lowest BCUT2D eigenvalue weighted by molar-refractivity contribution is -0.746. The first-order valence-electron chi connectivity index (χ1n) is 10.5. The highest BCUT2D eigenvalue weighted by Gasteiger charge is 2.33. The third kappa shape index (κ3) is 5.64. The normalized spacial score (nSPS) is 16.3. The molecule has 2 aromatic carbocycles. The second kappa shape index (κ2) is 10.1. The Morgan fingerprint density at radius 2 is 1.88 bits per heavy atom. The van der Waals surface area contributed by atoms with Crippen molar-refractivity contribution in [3.05, 3.63) is 71.4 Å². The van der Waals surface area contributed by atoms with Crippen molar-refractivity contribution in [2.24, 2.45) is 7.05 Å². The second-order valence-electron chi connectivity index (χ2n) is 7.67. The maximum atomic E-state index is 12.7. The maximum Gasteiger partial charge on any atom is 0.252 e. The van der Waals surface area contributed by atoms with Gasteiger partial charge >= 0.3 is 0 Å². The number of nitrogens with one attached hydrogen (secondary N) is 1. The SMILES string of the molecule is C[n+]1noc([O-])c1CN1CCOC(CC(=O)Nc2ccc(/C=C/c3ccccc3)cc2)C1=O. The molecule has 0 aliphatic carbocycles. The first kappa shape index (κ1) is 22.2. The van der Waals surface area contributed by atoms with Gasteiger partial charge in [-0.1, -0.05) is 59.3 Å². The van der Waals surface area contributed by atoms with E-state index in [4.69, 9.17) is 4.74 Å². The van der Waals surface area contributed by atoms with E-state index in [0.29, 0.717) is 12.2 Å². The van der Waals surface area contributed by atoms with Crippen molar-refractivity contribution < 1.29 is 28.6 Å². The third-order valence-corrected chi connectivity index (χ3v) is 5.31. The van der Waals surface area contributed by atoms with E-state index in [1.807, 2.05) is 54.6 Å². The molecule has 1 N–H and O–H groups in total. The Hall–Kier alpha value is -3.98. The van der Waals surface area contributed by atoms with E-state index >= 15 is 0 Å². The summed E-state index contributed by atoms with van der Waals surface area (Å²) in [5.74, 6) is -1.27. The number of aromatic nitrogens is 2. The van der Waals surface area contributed by atoms with Gasteiger partial charge < -0.3 is 24.6 Å². The molecular weight excluding hydrogens is 424 g/mol. The van der Waals surface area contributed by atoms with Gasteiger partial charge in [0.15, 0.2) is 13.0 Å². The summed E-state index contributed by atoms with van der Waals surface area (Å²) in [6, 6.07) is 17.4. The highest BCUT2D eigenvalue weighted by molar-refractivity contribution is 5.95. The van der Waals surface area contributed by atoms with Gasteiger partial charge in [-0.3, -0.25) is 9.59 Å². The topological polar surface area (TPSA) is 112 Å². The molecule has 1 fully saturated rings. The fourth-order valence-electron chi connectivity index (χ4n) is 3.49. The molecule has 0 radical (unpaired) electrons. The smallest absolute Gasteiger partial charge is 0.252 e. The van der Waals surface area contributed by atoms with Crippen LogP contribution in [0.15, 0.2) is 59.1 Å². The molecule has 4 rings (SSSR count). The van der Waals surface area contributed by atoms with Crippen molar-refractivity contribution in [3.8, 4) is 5.95 Å². The second-order valence-corrected chi connectivity index (χ2v) is 7.67. The van der Waals surface area contributed by atoms with Gasteiger partial charge in [0.25, 0.3) is 11.6 Å². The number of amides is 2. The predicted molar refractivity (Wildman–Crippen MR) is 117 cm³/mol. The molecule has 9 heteroatoms. The molecule has 2 amide bonds. The van der Waals surface area contributed by atoms with Crippen LogP contribution in [-0.4, -0.2) is 41.2 Å². The summed E-state index contributed by atoms with van der Waals surface area (Å²) in [6.07, 6.45) is 2.98. The van der Waals surface area contributed by atoms with Crippen molar-refractivity contribution in [2.45, 2.75) is 19.1 Å². The van der Waals surface area contributed by atoms with Crippen molar-refractivity contribution in [1.29, 1.82) is 0 Å². The first-order valence-corrected chi connectivity index (χ1v) is 10.5. The molecule has 2 heterocycles. The van der Waals surface area contributed by atoms with Crippen LogP contribution in [0, 0.1) is 0 Å². The van der Waals surface area contributed by atoms with Gasteiger partial charge in [0.2, 0.25) is 5.91 Å². The van der Waals surface area contributed by atoms with E-state index in [0.717, 1.165) is 11.1 Å². The summed E-state index contributed by atoms with van der Waals surface area (Å²) in [5, 5.41) is 18.1. The van der Waals surface area contributed by atoms with E-state index < -0.39 is 12.1 Å². The number of carbonyl (C=O) groups excluding carboxylic acids is 2. The Morgan fingerprint density at radius 1 is 1.18 bits per heavy atom. The van der Waals surface area contributed by atoms with Crippen LogP contribution >= 0.6 is 0 Å². The highest BCUT2D eigenvalue weighted by atomic mass is 16.6. The number of anilines is 1. The summed E-state index contributed by atoms with van der Waals surface area (Å²) in [6.45, 7) is 0.645. The Bertz CT molecular complexity index is 1120. The number of benzene rings is 2. The Labute approximate surface area is 190 Å². The third-order valence-electron chi connectivity index (χ3n) is 5.31. The monoisotopic (exact) mass is 448 g/mol. The minimum absolute atomic E-state index is 0.0527. The van der Waals surface area contributed by atoms with Gasteiger partial charge in [-0.25, -0.2) is 0 Å². The standard InChI is InChI=1S/C24H24N4O5/c1-27-20(24(31)33-26-27)16-28-13-14-32-21(23(28)30)15-22(29)25-19-11-9-18(10-12-19)8-7-17-5-3-2-4-6-17/h2-12,21H,13-16H2,1H3,(H-,25,26,29,31)/b8-7+. The minimum atomic E-state index is -0.910. The Balaban J connectivity index is 1.31. The molecule has 1 unspecified atom stereocenters. The van der Waals surface area contributed by atoms with Crippen LogP contribution in [0.1, 0.15) is 23.2 Å². The van der Waals surface area contributed by atoms with Crippen LogP contribution in [0.4, 0.5) is 5.69 Å². The van der Waals surface area contributed by atoms with Crippen LogP contribution in [0.25, 0.3) is 12.2 Å². The van der Waals surface area contributed by atoms with Crippen LogP contribution in [0.2, 0.25) is 0 Å². The van der Waals surface area contributed by atoms with E-state index in [-0.39, 0.29) is 37.1 Å². The van der Waals surface area contributed by atoms with Gasteiger partial charge in [-0.05, 0) is 23.3 Å². The largest absolute Gasteiger partial charge is 0.539 e. The fraction of sp³-hybridized carbons (Fsp3) is 0.250. The molecule has 1 saturated heterocycles. The molecule has 33 heavy (non-hydrogen) atoms. The van der Waals surface area contributed by atoms with Gasteiger partial charge in [-0.15, -0.1) is 0 Å². The molecule has 1 aliphatic rings. The highest BCUT2D eigenvalue weighted by Crippen LogP contribution is 2.18. The zero-order chi connectivity index (χ0) is 23.2. The summed E-state index contributed by atoms with van der Waals surface area (Å²) < 4.78 is 11.4. The van der Waals surface area contributed by atoms with Crippen molar-refractivity contribution >= 4 is 29.7 Å². The van der Waals surface area contributed by atoms with Crippen LogP contribution in [0.5, 0.6) is 5.95 Å². The number of hydrogen-bond donors (Lipinski definition) is 1. The lowest BCUT2D eigenvalue weighted by atomic mass is 10.1. The number of nitrogens with zero attached hydrogens (tertiary/aromatic N) is 3. The van der Waals surface area contributed by atoms with E-state index in [1.54, 1.807) is 19.2 Å². The van der Waals surface area contributed by atoms with Gasteiger partial charge in [-0.2, -0.15) is 0 Å². The van der Waals surface area contributed by atoms with Crippen LogP contribution in [0.3, 0.4) is 0 Å².